The molecule has 0 saturated heterocycles. The Hall–Kier alpha value is -2.53. The van der Waals surface area contributed by atoms with Crippen molar-refractivity contribution in [1.82, 2.24) is 4.90 Å². The van der Waals surface area contributed by atoms with E-state index in [4.69, 9.17) is 16.3 Å². The number of amides is 2. The van der Waals surface area contributed by atoms with Gasteiger partial charge in [0.2, 0.25) is 0 Å². The molecule has 2 amide bonds. The molecule has 0 aliphatic rings. The minimum atomic E-state index is -0.739. The summed E-state index contributed by atoms with van der Waals surface area (Å²) in [5, 5.41) is 3.51. The summed E-state index contributed by atoms with van der Waals surface area (Å²) in [6.45, 7) is 10.5. The van der Waals surface area contributed by atoms with Crippen molar-refractivity contribution in [3.63, 3.8) is 0 Å². The Morgan fingerprint density at radius 3 is 2.25 bits per heavy atom. The third kappa shape index (κ3) is 5.04. The quantitative estimate of drug-likeness (QED) is 0.720. The molecule has 0 heterocycles. The number of nitrogens with one attached hydrogen (secondary N) is 1. The minimum absolute atomic E-state index is 0.113. The number of hydrogen-bond acceptors (Lipinski definition) is 3. The first-order valence-corrected chi connectivity index (χ1v) is 9.78. The van der Waals surface area contributed by atoms with Crippen molar-refractivity contribution >= 4 is 29.1 Å². The van der Waals surface area contributed by atoms with Crippen LogP contribution >= 0.6 is 11.6 Å². The van der Waals surface area contributed by atoms with E-state index in [9.17, 15) is 9.59 Å². The number of carbonyl (C=O) groups is 2. The van der Waals surface area contributed by atoms with Crippen molar-refractivity contribution in [2.24, 2.45) is 0 Å². The van der Waals surface area contributed by atoms with Gasteiger partial charge in [-0.15, -0.1) is 0 Å². The Morgan fingerprint density at radius 2 is 1.68 bits per heavy atom. The molecule has 0 aromatic heterocycles. The molecule has 0 aliphatic heterocycles. The lowest BCUT2D eigenvalue weighted by molar-refractivity contribution is -0.122. The lowest BCUT2D eigenvalue weighted by Crippen LogP contribution is -2.33. The van der Waals surface area contributed by atoms with Crippen LogP contribution in [-0.4, -0.2) is 35.9 Å². The molecular weight excluding hydrogens is 376 g/mol. The molecule has 150 valence electrons. The van der Waals surface area contributed by atoms with Crippen LogP contribution < -0.4 is 10.1 Å². The molecule has 2 rings (SSSR count). The number of ether oxygens (including phenoxy) is 1. The highest BCUT2D eigenvalue weighted by molar-refractivity contribution is 6.32. The molecule has 2 aromatic rings. The third-order valence-electron chi connectivity index (χ3n) is 4.56. The van der Waals surface area contributed by atoms with Crippen molar-refractivity contribution in [1.29, 1.82) is 0 Å². The Labute approximate surface area is 171 Å². The van der Waals surface area contributed by atoms with E-state index in [0.717, 1.165) is 11.1 Å². The van der Waals surface area contributed by atoms with Gasteiger partial charge in [0, 0.05) is 18.1 Å². The van der Waals surface area contributed by atoms with Gasteiger partial charge in [-0.05, 0) is 70.0 Å². The highest BCUT2D eigenvalue weighted by Gasteiger charge is 2.21. The molecule has 0 spiro atoms. The second-order valence-corrected chi connectivity index (χ2v) is 7.02. The van der Waals surface area contributed by atoms with Gasteiger partial charge in [0.15, 0.2) is 6.10 Å². The van der Waals surface area contributed by atoms with E-state index in [1.54, 1.807) is 48.2 Å². The Balaban J connectivity index is 2.16. The fourth-order valence-electron chi connectivity index (χ4n) is 2.93. The molecule has 0 unspecified atom stereocenters. The zero-order chi connectivity index (χ0) is 20.8. The number of benzene rings is 2. The van der Waals surface area contributed by atoms with E-state index < -0.39 is 6.10 Å². The third-order valence-corrected chi connectivity index (χ3v) is 5.15. The monoisotopic (exact) mass is 402 g/mol. The molecule has 0 bridgehead atoms. The average molecular weight is 403 g/mol. The van der Waals surface area contributed by atoms with Crippen LogP contribution in [0.2, 0.25) is 5.02 Å². The van der Waals surface area contributed by atoms with Crippen LogP contribution in [0.5, 0.6) is 5.75 Å². The second-order valence-electron chi connectivity index (χ2n) is 6.64. The number of halogens is 1. The predicted octanol–water partition coefficient (Wildman–Crippen LogP) is 4.84. The number of rotatable bonds is 7. The van der Waals surface area contributed by atoms with Gasteiger partial charge in [-0.3, -0.25) is 9.59 Å². The molecule has 5 nitrogen and oxygen atoms in total. The van der Waals surface area contributed by atoms with Crippen LogP contribution in [-0.2, 0) is 4.79 Å². The van der Waals surface area contributed by atoms with Crippen molar-refractivity contribution in [3.05, 3.63) is 58.1 Å². The average Bonchev–Trinajstić information content (AvgIpc) is 2.67. The highest BCUT2D eigenvalue weighted by atomic mass is 35.5. The first-order valence-electron chi connectivity index (χ1n) is 9.41. The smallest absolute Gasteiger partial charge is 0.265 e. The Bertz CT molecular complexity index is 840. The summed E-state index contributed by atoms with van der Waals surface area (Å²) in [6.07, 6.45) is -0.739. The molecule has 0 radical (unpaired) electrons. The SMILES string of the molecule is CCN(CC)C(=O)c1ccccc1NC(=O)[C@H](C)Oc1cc(C)c(Cl)c(C)c1. The molecule has 0 aliphatic carbocycles. The second kappa shape index (κ2) is 9.60. The van der Waals surface area contributed by atoms with Crippen LogP contribution in [0.15, 0.2) is 36.4 Å². The summed E-state index contributed by atoms with van der Waals surface area (Å²) >= 11 is 6.18. The fourth-order valence-corrected chi connectivity index (χ4v) is 3.04. The van der Waals surface area contributed by atoms with E-state index in [0.29, 0.717) is 35.1 Å². The lowest BCUT2D eigenvalue weighted by Gasteiger charge is -2.21. The standard InChI is InChI=1S/C22H27ClN2O3/c1-6-25(7-2)22(27)18-10-8-9-11-19(18)24-21(26)16(5)28-17-12-14(3)20(23)15(4)13-17/h8-13,16H,6-7H2,1-5H3,(H,24,26)/t16-/m0/s1. The van der Waals surface area contributed by atoms with E-state index in [1.165, 1.54) is 0 Å². The van der Waals surface area contributed by atoms with E-state index in [1.807, 2.05) is 27.7 Å². The molecule has 28 heavy (non-hydrogen) atoms. The van der Waals surface area contributed by atoms with Gasteiger partial charge < -0.3 is 15.0 Å². The summed E-state index contributed by atoms with van der Waals surface area (Å²) in [5.74, 6) is 0.137. The minimum Gasteiger partial charge on any atom is -0.481 e. The summed E-state index contributed by atoms with van der Waals surface area (Å²) < 4.78 is 5.79. The summed E-state index contributed by atoms with van der Waals surface area (Å²) in [7, 11) is 0. The molecule has 6 heteroatoms. The molecule has 0 saturated carbocycles. The number of aryl methyl sites for hydroxylation is 2. The lowest BCUT2D eigenvalue weighted by atomic mass is 10.1. The zero-order valence-electron chi connectivity index (χ0n) is 17.0. The number of carbonyl (C=O) groups excluding carboxylic acids is 2. The number of hydrogen-bond donors (Lipinski definition) is 1. The van der Waals surface area contributed by atoms with Gasteiger partial charge in [0.1, 0.15) is 5.75 Å². The van der Waals surface area contributed by atoms with E-state index >= 15 is 0 Å². The number of nitrogens with zero attached hydrogens (tertiary/aromatic N) is 1. The van der Waals surface area contributed by atoms with Crippen LogP contribution in [0, 0.1) is 13.8 Å². The summed E-state index contributed by atoms with van der Waals surface area (Å²) in [6, 6.07) is 10.6. The molecule has 1 atom stereocenters. The summed E-state index contributed by atoms with van der Waals surface area (Å²) in [4.78, 5) is 27.1. The fraction of sp³-hybridized carbons (Fsp3) is 0.364. The van der Waals surface area contributed by atoms with Gasteiger partial charge in [-0.2, -0.15) is 0 Å². The highest BCUT2D eigenvalue weighted by Crippen LogP contribution is 2.26. The Morgan fingerprint density at radius 1 is 1.11 bits per heavy atom. The number of para-hydroxylation sites is 1. The van der Waals surface area contributed by atoms with Gasteiger partial charge in [-0.25, -0.2) is 0 Å². The van der Waals surface area contributed by atoms with Crippen molar-refractivity contribution in [2.45, 2.75) is 40.7 Å². The Kier molecular flexibility index (Phi) is 7.46. The van der Waals surface area contributed by atoms with Gasteiger partial charge in [-0.1, -0.05) is 23.7 Å². The van der Waals surface area contributed by atoms with Crippen molar-refractivity contribution < 1.29 is 14.3 Å². The maximum Gasteiger partial charge on any atom is 0.265 e. The maximum atomic E-state index is 12.7. The van der Waals surface area contributed by atoms with Crippen molar-refractivity contribution in [2.75, 3.05) is 18.4 Å². The normalized spacial score (nSPS) is 11.6. The molecular formula is C22H27ClN2O3. The first-order chi connectivity index (χ1) is 13.3. The first kappa shape index (κ1) is 21.8. The van der Waals surface area contributed by atoms with Crippen LogP contribution in [0.25, 0.3) is 0 Å². The largest absolute Gasteiger partial charge is 0.481 e. The van der Waals surface area contributed by atoms with Crippen LogP contribution in [0.3, 0.4) is 0 Å². The van der Waals surface area contributed by atoms with Crippen LogP contribution in [0.4, 0.5) is 5.69 Å². The predicted molar refractivity (Wildman–Crippen MR) is 113 cm³/mol. The topological polar surface area (TPSA) is 58.6 Å². The number of anilines is 1. The van der Waals surface area contributed by atoms with E-state index in [2.05, 4.69) is 5.32 Å². The molecule has 0 fully saturated rings. The maximum absolute atomic E-state index is 12.7. The van der Waals surface area contributed by atoms with Crippen LogP contribution in [0.1, 0.15) is 42.3 Å². The van der Waals surface area contributed by atoms with Gasteiger partial charge >= 0.3 is 0 Å². The zero-order valence-corrected chi connectivity index (χ0v) is 17.8. The van der Waals surface area contributed by atoms with Gasteiger partial charge in [0.05, 0.1) is 11.3 Å². The van der Waals surface area contributed by atoms with Gasteiger partial charge in [0.25, 0.3) is 11.8 Å². The van der Waals surface area contributed by atoms with E-state index in [-0.39, 0.29) is 11.8 Å². The summed E-state index contributed by atoms with van der Waals surface area (Å²) in [5.41, 5.74) is 2.71. The van der Waals surface area contributed by atoms with Crippen molar-refractivity contribution in [3.8, 4) is 5.75 Å². The molecule has 1 N–H and O–H groups in total. The molecule has 2 aromatic carbocycles.